The number of amides is 1. The first-order valence-electron chi connectivity index (χ1n) is 6.71. The van der Waals surface area contributed by atoms with E-state index < -0.39 is 16.0 Å². The average Bonchev–Trinajstić information content (AvgIpc) is 2.47. The van der Waals surface area contributed by atoms with Crippen LogP contribution in [0.5, 0.6) is 5.75 Å². The molecule has 0 aliphatic rings. The molecule has 0 radical (unpaired) electrons. The highest BCUT2D eigenvalue weighted by Crippen LogP contribution is 2.21. The second-order valence-electron chi connectivity index (χ2n) is 4.89. The van der Waals surface area contributed by atoms with Crippen LogP contribution >= 0.6 is 0 Å². The highest BCUT2D eigenvalue weighted by Gasteiger charge is 2.17. The van der Waals surface area contributed by atoms with Gasteiger partial charge in [0.1, 0.15) is 0 Å². The quantitative estimate of drug-likeness (QED) is 0.860. The second-order valence-corrected chi connectivity index (χ2v) is 6.46. The summed E-state index contributed by atoms with van der Waals surface area (Å²) in [6.45, 7) is 1.85. The summed E-state index contributed by atoms with van der Waals surface area (Å²) < 4.78 is 27.4. The fourth-order valence-electron chi connectivity index (χ4n) is 1.99. The number of carbonyl (C=O) groups is 1. The number of benzene rings is 2. The second kappa shape index (κ2) is 6.62. The Hall–Kier alpha value is -2.34. The molecule has 2 aromatic carbocycles. The summed E-state index contributed by atoms with van der Waals surface area (Å²) in [6.07, 6.45) is 0.939. The van der Waals surface area contributed by atoms with Crippen molar-refractivity contribution in [2.75, 3.05) is 6.26 Å². The van der Waals surface area contributed by atoms with Crippen LogP contribution < -0.4 is 9.50 Å². The monoisotopic (exact) mass is 319 g/mol. The van der Waals surface area contributed by atoms with Crippen molar-refractivity contribution in [3.05, 3.63) is 65.7 Å². The Kier molecular flexibility index (Phi) is 4.82. The van der Waals surface area contributed by atoms with E-state index in [1.165, 1.54) is 12.1 Å². The largest absolute Gasteiger partial charge is 0.382 e. The van der Waals surface area contributed by atoms with Crippen LogP contribution in [-0.2, 0) is 10.1 Å². The maximum atomic E-state index is 12.3. The van der Waals surface area contributed by atoms with Crippen molar-refractivity contribution in [3.8, 4) is 5.75 Å². The van der Waals surface area contributed by atoms with Crippen LogP contribution in [0.25, 0.3) is 0 Å². The smallest absolute Gasteiger partial charge is 0.306 e. The van der Waals surface area contributed by atoms with Gasteiger partial charge in [0.15, 0.2) is 5.75 Å². The van der Waals surface area contributed by atoms with E-state index in [0.29, 0.717) is 0 Å². The Morgan fingerprint density at radius 3 is 2.27 bits per heavy atom. The Morgan fingerprint density at radius 1 is 1.05 bits per heavy atom. The maximum absolute atomic E-state index is 12.3. The number of nitrogens with one attached hydrogen (secondary N) is 1. The number of rotatable bonds is 5. The van der Waals surface area contributed by atoms with Crippen molar-refractivity contribution in [1.29, 1.82) is 0 Å². The van der Waals surface area contributed by atoms with E-state index in [1.54, 1.807) is 12.1 Å². The predicted molar refractivity (Wildman–Crippen MR) is 84.2 cm³/mol. The van der Waals surface area contributed by atoms with Gasteiger partial charge in [-0.05, 0) is 24.6 Å². The van der Waals surface area contributed by atoms with Gasteiger partial charge >= 0.3 is 10.1 Å². The molecule has 0 saturated carbocycles. The predicted octanol–water partition coefficient (Wildman–Crippen LogP) is 2.52. The molecule has 1 amide bonds. The van der Waals surface area contributed by atoms with E-state index in [-0.39, 0.29) is 17.4 Å². The molecular weight excluding hydrogens is 302 g/mol. The van der Waals surface area contributed by atoms with Crippen molar-refractivity contribution in [2.24, 2.45) is 0 Å². The highest BCUT2D eigenvalue weighted by atomic mass is 32.2. The molecule has 1 N–H and O–H groups in total. The van der Waals surface area contributed by atoms with Crippen LogP contribution in [0, 0.1) is 0 Å². The van der Waals surface area contributed by atoms with Crippen molar-refractivity contribution < 1.29 is 17.4 Å². The molecule has 22 heavy (non-hydrogen) atoms. The van der Waals surface area contributed by atoms with Gasteiger partial charge in [-0.2, -0.15) is 8.42 Å². The zero-order chi connectivity index (χ0) is 16.2. The van der Waals surface area contributed by atoms with E-state index in [0.717, 1.165) is 11.8 Å². The third-order valence-electron chi connectivity index (χ3n) is 3.02. The van der Waals surface area contributed by atoms with Crippen molar-refractivity contribution in [1.82, 2.24) is 5.32 Å². The first kappa shape index (κ1) is 16.0. The van der Waals surface area contributed by atoms with Crippen LogP contribution in [0.1, 0.15) is 28.9 Å². The summed E-state index contributed by atoms with van der Waals surface area (Å²) >= 11 is 0. The molecule has 0 spiro atoms. The molecule has 0 unspecified atom stereocenters. The first-order chi connectivity index (χ1) is 10.4. The summed E-state index contributed by atoms with van der Waals surface area (Å²) in [5.41, 5.74) is 1.13. The van der Waals surface area contributed by atoms with Gasteiger partial charge < -0.3 is 9.50 Å². The third-order valence-corrected chi connectivity index (χ3v) is 3.50. The van der Waals surface area contributed by atoms with Gasteiger partial charge in [0.05, 0.1) is 17.9 Å². The number of hydrogen-bond acceptors (Lipinski definition) is 4. The molecule has 2 aromatic rings. The molecule has 0 aliphatic heterocycles. The number of carbonyl (C=O) groups excluding carboxylic acids is 1. The summed E-state index contributed by atoms with van der Waals surface area (Å²) in [7, 11) is -3.69. The summed E-state index contributed by atoms with van der Waals surface area (Å²) in [5.74, 6) is -0.377. The van der Waals surface area contributed by atoms with Crippen LogP contribution in [0.3, 0.4) is 0 Å². The van der Waals surface area contributed by atoms with E-state index in [9.17, 15) is 13.2 Å². The molecule has 2 rings (SSSR count). The maximum Gasteiger partial charge on any atom is 0.306 e. The molecule has 0 aliphatic carbocycles. The van der Waals surface area contributed by atoms with E-state index >= 15 is 0 Å². The van der Waals surface area contributed by atoms with Crippen molar-refractivity contribution in [3.63, 3.8) is 0 Å². The van der Waals surface area contributed by atoms with Gasteiger partial charge in [0, 0.05) is 0 Å². The summed E-state index contributed by atoms with van der Waals surface area (Å²) in [5, 5.41) is 2.82. The van der Waals surface area contributed by atoms with Crippen LogP contribution in [0.4, 0.5) is 0 Å². The Labute approximate surface area is 130 Å². The summed E-state index contributed by atoms with van der Waals surface area (Å²) in [6, 6.07) is 15.5. The van der Waals surface area contributed by atoms with Gasteiger partial charge in [-0.25, -0.2) is 0 Å². The molecule has 0 aromatic heterocycles. The first-order valence-corrected chi connectivity index (χ1v) is 8.53. The SMILES string of the molecule is C[C@@H](NC(=O)c1ccccc1OS(C)(=O)=O)c1ccccc1. The highest BCUT2D eigenvalue weighted by molar-refractivity contribution is 7.86. The zero-order valence-corrected chi connectivity index (χ0v) is 13.1. The molecule has 0 bridgehead atoms. The van der Waals surface area contributed by atoms with Crippen LogP contribution in [0.15, 0.2) is 54.6 Å². The Morgan fingerprint density at radius 2 is 1.64 bits per heavy atom. The molecule has 0 saturated heterocycles. The fraction of sp³-hybridized carbons (Fsp3) is 0.188. The molecule has 116 valence electrons. The summed E-state index contributed by atoms with van der Waals surface area (Å²) in [4.78, 5) is 12.3. The zero-order valence-electron chi connectivity index (χ0n) is 12.3. The van der Waals surface area contributed by atoms with Crippen molar-refractivity contribution >= 4 is 16.0 Å². The molecular formula is C16H17NO4S. The molecule has 0 fully saturated rings. The molecule has 1 atom stereocenters. The standard InChI is InChI=1S/C16H17NO4S/c1-12(13-8-4-3-5-9-13)17-16(18)14-10-6-7-11-15(14)21-22(2,19)20/h3-12H,1-2H3,(H,17,18)/t12-/m1/s1. The fourth-order valence-corrected chi connectivity index (χ4v) is 2.46. The molecule has 6 heteroatoms. The van der Waals surface area contributed by atoms with Crippen LogP contribution in [-0.4, -0.2) is 20.6 Å². The minimum Gasteiger partial charge on any atom is -0.382 e. The topological polar surface area (TPSA) is 72.5 Å². The van der Waals surface area contributed by atoms with E-state index in [4.69, 9.17) is 4.18 Å². The van der Waals surface area contributed by atoms with E-state index in [1.807, 2.05) is 37.3 Å². The van der Waals surface area contributed by atoms with Gasteiger partial charge in [-0.3, -0.25) is 4.79 Å². The lowest BCUT2D eigenvalue weighted by Gasteiger charge is -2.15. The Balaban J connectivity index is 2.20. The minimum atomic E-state index is -3.69. The van der Waals surface area contributed by atoms with Gasteiger partial charge in [-0.1, -0.05) is 42.5 Å². The van der Waals surface area contributed by atoms with Gasteiger partial charge in [-0.15, -0.1) is 0 Å². The van der Waals surface area contributed by atoms with E-state index in [2.05, 4.69) is 5.32 Å². The molecule has 0 heterocycles. The lowest BCUT2D eigenvalue weighted by Crippen LogP contribution is -2.27. The van der Waals surface area contributed by atoms with Gasteiger partial charge in [0.25, 0.3) is 5.91 Å². The average molecular weight is 319 g/mol. The lowest BCUT2D eigenvalue weighted by atomic mass is 10.1. The Bertz CT molecular complexity index is 757. The number of para-hydroxylation sites is 1. The minimum absolute atomic E-state index is 0.0164. The number of hydrogen-bond donors (Lipinski definition) is 1. The lowest BCUT2D eigenvalue weighted by molar-refractivity contribution is 0.0938. The normalized spacial score (nSPS) is 12.5. The van der Waals surface area contributed by atoms with Crippen molar-refractivity contribution in [2.45, 2.75) is 13.0 Å². The van der Waals surface area contributed by atoms with Crippen LogP contribution in [0.2, 0.25) is 0 Å². The molecule has 5 nitrogen and oxygen atoms in total. The van der Waals surface area contributed by atoms with Gasteiger partial charge in [0.2, 0.25) is 0 Å². The third kappa shape index (κ3) is 4.33.